The highest BCUT2D eigenvalue weighted by Gasteiger charge is 2.10. The first-order valence-electron chi connectivity index (χ1n) is 6.02. The predicted molar refractivity (Wildman–Crippen MR) is 73.5 cm³/mol. The Morgan fingerprint density at radius 1 is 1.21 bits per heavy atom. The second-order valence-electron chi connectivity index (χ2n) is 4.46. The second-order valence-corrected chi connectivity index (χ2v) is 4.46. The summed E-state index contributed by atoms with van der Waals surface area (Å²) < 4.78 is 5.34. The predicted octanol–water partition coefficient (Wildman–Crippen LogP) is 2.97. The van der Waals surface area contributed by atoms with E-state index in [2.05, 4.69) is 9.97 Å². The van der Waals surface area contributed by atoms with Gasteiger partial charge in [0.1, 0.15) is 5.75 Å². The van der Waals surface area contributed by atoms with Crippen LogP contribution >= 0.6 is 0 Å². The van der Waals surface area contributed by atoms with Gasteiger partial charge in [-0.1, -0.05) is 0 Å². The van der Waals surface area contributed by atoms with E-state index >= 15 is 0 Å². The van der Waals surface area contributed by atoms with Gasteiger partial charge < -0.3 is 4.74 Å². The number of methoxy groups -OCH3 is 1. The van der Waals surface area contributed by atoms with Gasteiger partial charge in [-0.25, -0.2) is 9.97 Å². The number of aryl methyl sites for hydroxylation is 2. The first-order valence-corrected chi connectivity index (χ1v) is 6.02. The van der Waals surface area contributed by atoms with Gasteiger partial charge in [0, 0.05) is 18.7 Å². The van der Waals surface area contributed by atoms with Crippen LogP contribution in [0.5, 0.6) is 5.75 Å². The molecule has 1 aromatic carbocycles. The quantitative estimate of drug-likeness (QED) is 0.792. The molecule has 1 aromatic heterocycles. The molecule has 0 saturated heterocycles. The zero-order valence-electron chi connectivity index (χ0n) is 11.5. The third-order valence-corrected chi connectivity index (χ3v) is 2.93. The van der Waals surface area contributed by atoms with Crippen LogP contribution in [0, 0.1) is 13.8 Å². The Balaban J connectivity index is 2.53. The number of ether oxygens (including phenoxy) is 1. The molecule has 4 nitrogen and oxygen atoms in total. The van der Waals surface area contributed by atoms with E-state index in [1.165, 1.54) is 6.92 Å². The maximum absolute atomic E-state index is 11.3. The highest BCUT2D eigenvalue weighted by molar-refractivity contribution is 5.90. The number of hydrogen-bond acceptors (Lipinski definition) is 4. The molecule has 0 saturated carbocycles. The number of aromatic nitrogens is 2. The average Bonchev–Trinajstić information content (AvgIpc) is 2.38. The van der Waals surface area contributed by atoms with E-state index in [1.807, 2.05) is 26.0 Å². The summed E-state index contributed by atoms with van der Waals surface area (Å²) in [6.07, 6.45) is 1.61. The van der Waals surface area contributed by atoms with Crippen LogP contribution in [-0.4, -0.2) is 22.9 Å². The van der Waals surface area contributed by atoms with Gasteiger partial charge in [0.05, 0.1) is 12.8 Å². The lowest BCUT2D eigenvalue weighted by atomic mass is 10.0. The topological polar surface area (TPSA) is 52.1 Å². The van der Waals surface area contributed by atoms with Gasteiger partial charge in [0.25, 0.3) is 0 Å². The molecular weight excluding hydrogens is 240 g/mol. The van der Waals surface area contributed by atoms with Crippen molar-refractivity contribution in [3.63, 3.8) is 0 Å². The molecule has 0 unspecified atom stereocenters. The van der Waals surface area contributed by atoms with Crippen molar-refractivity contribution in [1.29, 1.82) is 0 Å². The van der Waals surface area contributed by atoms with Gasteiger partial charge in [0.2, 0.25) is 0 Å². The Labute approximate surface area is 112 Å². The Morgan fingerprint density at radius 2 is 1.84 bits per heavy atom. The molecule has 0 aliphatic carbocycles. The first-order chi connectivity index (χ1) is 9.02. The van der Waals surface area contributed by atoms with E-state index in [0.717, 1.165) is 28.1 Å². The summed E-state index contributed by atoms with van der Waals surface area (Å²) in [6.45, 7) is 5.44. The third kappa shape index (κ3) is 2.62. The van der Waals surface area contributed by atoms with E-state index in [9.17, 15) is 4.79 Å². The van der Waals surface area contributed by atoms with Crippen LogP contribution in [0.3, 0.4) is 0 Å². The number of Topliss-reactive ketones (excluding diaryl/α,β-unsaturated/α-hetero) is 1. The van der Waals surface area contributed by atoms with Crippen molar-refractivity contribution in [2.75, 3.05) is 7.11 Å². The van der Waals surface area contributed by atoms with E-state index in [0.29, 0.717) is 0 Å². The highest BCUT2D eigenvalue weighted by atomic mass is 16.5. The van der Waals surface area contributed by atoms with Crippen LogP contribution in [0.15, 0.2) is 24.4 Å². The molecule has 2 aromatic rings. The van der Waals surface area contributed by atoms with Crippen LogP contribution in [0.4, 0.5) is 0 Å². The number of carbonyl (C=O) groups excluding carboxylic acids is 1. The molecule has 0 spiro atoms. The van der Waals surface area contributed by atoms with Crippen molar-refractivity contribution in [3.05, 3.63) is 41.3 Å². The summed E-state index contributed by atoms with van der Waals surface area (Å²) in [5.41, 5.74) is 3.79. The van der Waals surface area contributed by atoms with Crippen molar-refractivity contribution < 1.29 is 9.53 Å². The van der Waals surface area contributed by atoms with Crippen molar-refractivity contribution in [2.45, 2.75) is 20.8 Å². The minimum absolute atomic E-state index is 0.135. The normalized spacial score (nSPS) is 10.3. The number of benzene rings is 1. The smallest absolute Gasteiger partial charge is 0.196 e. The summed E-state index contributed by atoms with van der Waals surface area (Å²) in [4.78, 5) is 19.6. The summed E-state index contributed by atoms with van der Waals surface area (Å²) in [7, 11) is 1.66. The van der Waals surface area contributed by atoms with Gasteiger partial charge in [-0.05, 0) is 43.2 Å². The Bertz CT molecular complexity index is 613. The fraction of sp³-hybridized carbons (Fsp3) is 0.267. The lowest BCUT2D eigenvalue weighted by Gasteiger charge is -2.11. The standard InChI is InChI=1S/C15H16N2O2/c1-9-7-12(8-10(2)14(9)19-4)13-5-6-16-15(17-13)11(3)18/h5-8H,1-4H3. The Hall–Kier alpha value is -2.23. The SMILES string of the molecule is COc1c(C)cc(-c2ccnc(C(C)=O)n2)cc1C. The maximum Gasteiger partial charge on any atom is 0.196 e. The first kappa shape index (κ1) is 13.2. The van der Waals surface area contributed by atoms with Crippen molar-refractivity contribution in [3.8, 4) is 17.0 Å². The molecule has 0 atom stereocenters. The lowest BCUT2D eigenvalue weighted by molar-refractivity contribution is 0.100. The van der Waals surface area contributed by atoms with Crippen LogP contribution in [0.1, 0.15) is 28.7 Å². The van der Waals surface area contributed by atoms with E-state index in [1.54, 1.807) is 19.4 Å². The van der Waals surface area contributed by atoms with Gasteiger partial charge in [-0.3, -0.25) is 4.79 Å². The summed E-state index contributed by atoms with van der Waals surface area (Å²) in [6, 6.07) is 5.79. The second kappa shape index (κ2) is 5.18. The van der Waals surface area contributed by atoms with Crippen molar-refractivity contribution in [1.82, 2.24) is 9.97 Å². The van der Waals surface area contributed by atoms with Gasteiger partial charge >= 0.3 is 0 Å². The van der Waals surface area contributed by atoms with Gasteiger partial charge in [-0.15, -0.1) is 0 Å². The molecule has 0 aliphatic rings. The van der Waals surface area contributed by atoms with Crippen molar-refractivity contribution in [2.24, 2.45) is 0 Å². The molecule has 0 aliphatic heterocycles. The molecule has 2 rings (SSSR count). The van der Waals surface area contributed by atoms with E-state index < -0.39 is 0 Å². The zero-order chi connectivity index (χ0) is 14.0. The summed E-state index contributed by atoms with van der Waals surface area (Å²) in [5.74, 6) is 0.983. The molecule has 4 heteroatoms. The molecule has 19 heavy (non-hydrogen) atoms. The zero-order valence-corrected chi connectivity index (χ0v) is 11.5. The van der Waals surface area contributed by atoms with E-state index in [4.69, 9.17) is 4.74 Å². The van der Waals surface area contributed by atoms with Crippen LogP contribution in [0.2, 0.25) is 0 Å². The third-order valence-electron chi connectivity index (χ3n) is 2.93. The molecule has 98 valence electrons. The number of rotatable bonds is 3. The monoisotopic (exact) mass is 256 g/mol. The largest absolute Gasteiger partial charge is 0.496 e. The summed E-state index contributed by atoms with van der Waals surface area (Å²) >= 11 is 0. The molecule has 0 radical (unpaired) electrons. The highest BCUT2D eigenvalue weighted by Crippen LogP contribution is 2.28. The fourth-order valence-electron chi connectivity index (χ4n) is 2.11. The number of nitrogens with zero attached hydrogens (tertiary/aromatic N) is 2. The van der Waals surface area contributed by atoms with Gasteiger partial charge in [0.15, 0.2) is 11.6 Å². The molecular formula is C15H16N2O2. The summed E-state index contributed by atoms with van der Waals surface area (Å²) in [5, 5.41) is 0. The lowest BCUT2D eigenvalue weighted by Crippen LogP contribution is -2.01. The molecule has 0 bridgehead atoms. The maximum atomic E-state index is 11.3. The fourth-order valence-corrected chi connectivity index (χ4v) is 2.11. The van der Waals surface area contributed by atoms with Crippen molar-refractivity contribution >= 4 is 5.78 Å². The number of hydrogen-bond donors (Lipinski definition) is 0. The van der Waals surface area contributed by atoms with Crippen LogP contribution < -0.4 is 4.74 Å². The molecule has 1 heterocycles. The number of carbonyl (C=O) groups is 1. The average molecular weight is 256 g/mol. The minimum atomic E-state index is -0.135. The number of ketones is 1. The Morgan fingerprint density at radius 3 is 2.37 bits per heavy atom. The molecule has 0 N–H and O–H groups in total. The van der Waals surface area contributed by atoms with Gasteiger partial charge in [-0.2, -0.15) is 0 Å². The Kier molecular flexibility index (Phi) is 3.60. The van der Waals surface area contributed by atoms with Crippen LogP contribution in [0.25, 0.3) is 11.3 Å². The van der Waals surface area contributed by atoms with Crippen LogP contribution in [-0.2, 0) is 0 Å². The minimum Gasteiger partial charge on any atom is -0.496 e. The van der Waals surface area contributed by atoms with E-state index in [-0.39, 0.29) is 11.6 Å². The molecule has 0 amide bonds. The molecule has 0 fully saturated rings.